The zero-order chi connectivity index (χ0) is 38.0. The summed E-state index contributed by atoms with van der Waals surface area (Å²) in [5.41, 5.74) is 5.33. The van der Waals surface area contributed by atoms with Gasteiger partial charge in [-0.2, -0.15) is 0 Å². The number of hydrogen-bond acceptors (Lipinski definition) is 9. The summed E-state index contributed by atoms with van der Waals surface area (Å²) in [5.74, 6) is -0.913. The van der Waals surface area contributed by atoms with E-state index < -0.39 is 32.5 Å². The molecule has 1 aliphatic heterocycles. The van der Waals surface area contributed by atoms with Gasteiger partial charge in [0.2, 0.25) is 0 Å². The summed E-state index contributed by atoms with van der Waals surface area (Å²) in [4.78, 5) is 34.7. The number of esters is 2. The highest BCUT2D eigenvalue weighted by Gasteiger charge is 2.36. The Morgan fingerprint density at radius 3 is 1.98 bits per heavy atom. The number of allylic oxidation sites excluding steroid dienone is 7. The minimum absolute atomic E-state index is 0.0401. The first-order chi connectivity index (χ1) is 25.3. The number of carbonyl (C=O) groups excluding carboxylic acids is 2. The molecule has 52 heavy (non-hydrogen) atoms. The van der Waals surface area contributed by atoms with Crippen molar-refractivity contribution in [3.05, 3.63) is 48.6 Å². The van der Waals surface area contributed by atoms with Gasteiger partial charge < -0.3 is 24.8 Å². The number of unbranched alkanes of at least 4 members (excludes halogenated alkanes) is 12. The van der Waals surface area contributed by atoms with Crippen molar-refractivity contribution in [2.45, 2.75) is 173 Å². The van der Waals surface area contributed by atoms with Crippen molar-refractivity contribution in [2.75, 3.05) is 26.4 Å². The average molecular weight is 754 g/mol. The maximum absolute atomic E-state index is 12.5. The number of phosphoric acid groups is 1. The summed E-state index contributed by atoms with van der Waals surface area (Å²) in [5, 5.41) is 0. The van der Waals surface area contributed by atoms with Gasteiger partial charge in [0.1, 0.15) is 6.61 Å². The molecule has 300 valence electrons. The molecule has 0 spiro atoms. The van der Waals surface area contributed by atoms with Gasteiger partial charge in [-0.3, -0.25) is 18.6 Å². The number of nitrogens with two attached hydrogens (primary N) is 1. The van der Waals surface area contributed by atoms with Crippen LogP contribution in [0.1, 0.15) is 155 Å². The Kier molecular flexibility index (Phi) is 30.9. The highest BCUT2D eigenvalue weighted by Crippen LogP contribution is 2.43. The zero-order valence-electron chi connectivity index (χ0n) is 32.5. The molecular formula is C41H72NO9P. The van der Waals surface area contributed by atoms with Crippen molar-refractivity contribution in [3.63, 3.8) is 0 Å². The molecule has 0 amide bonds. The molecule has 1 rings (SSSR count). The molecule has 3 N–H and O–H groups in total. The Bertz CT molecular complexity index is 1060. The third-order valence-corrected chi connectivity index (χ3v) is 9.60. The van der Waals surface area contributed by atoms with E-state index in [-0.39, 0.29) is 32.6 Å². The minimum atomic E-state index is -4.39. The fourth-order valence-electron chi connectivity index (χ4n) is 5.48. The average Bonchev–Trinajstić information content (AvgIpc) is 3.88. The van der Waals surface area contributed by atoms with Gasteiger partial charge in [-0.25, -0.2) is 4.57 Å². The van der Waals surface area contributed by atoms with Crippen molar-refractivity contribution in [2.24, 2.45) is 5.73 Å². The predicted molar refractivity (Wildman–Crippen MR) is 210 cm³/mol. The standard InChI is InChI=1S/C41H72NO9P/c1-3-5-7-8-9-10-11-12-13-17-20-23-27-31-40(43)47-35-37(36-49-52(45,46)48-34-33-42)50-41(44)32-28-24-21-18-15-14-16-19-22-26-30-39-38(51-39)29-25-6-4-2/h10-11,14,16,18,21-22,26,37-39H,3-9,12-13,15,17,19-20,23-25,27-36,42H2,1-2H3,(H,45,46)/b11-10-,16-14-,21-18-,26-22-/t37-,38?,39?/m1/s1. The SMILES string of the molecule is CCCCCC/C=C\CCCCCCCC(=O)OC[C@H](COP(=O)(O)OCCN)OC(=O)CCC/C=C\C/C=C\C/C=C\CC1OC1CCCCC. The number of carbonyl (C=O) groups is 2. The lowest BCUT2D eigenvalue weighted by molar-refractivity contribution is -0.161. The van der Waals surface area contributed by atoms with Crippen molar-refractivity contribution in [1.29, 1.82) is 0 Å². The Hall–Kier alpha value is -2.07. The van der Waals surface area contributed by atoms with Crippen LogP contribution in [0.3, 0.4) is 0 Å². The van der Waals surface area contributed by atoms with E-state index in [4.69, 9.17) is 29.0 Å². The quantitative estimate of drug-likeness (QED) is 0.0208. The van der Waals surface area contributed by atoms with Gasteiger partial charge in [0.25, 0.3) is 0 Å². The van der Waals surface area contributed by atoms with Gasteiger partial charge in [0.15, 0.2) is 6.10 Å². The molecule has 0 aromatic rings. The van der Waals surface area contributed by atoms with Gasteiger partial charge in [-0.1, -0.05) is 120 Å². The molecule has 11 heteroatoms. The van der Waals surface area contributed by atoms with Crippen molar-refractivity contribution < 1.29 is 42.3 Å². The van der Waals surface area contributed by atoms with E-state index in [1.165, 1.54) is 57.8 Å². The van der Waals surface area contributed by atoms with Crippen LogP contribution in [-0.4, -0.2) is 61.5 Å². The molecule has 1 saturated heterocycles. The van der Waals surface area contributed by atoms with E-state index >= 15 is 0 Å². The summed E-state index contributed by atoms with van der Waals surface area (Å²) in [6, 6.07) is 0. The first kappa shape index (κ1) is 48.0. The summed E-state index contributed by atoms with van der Waals surface area (Å²) < 4.78 is 38.3. The van der Waals surface area contributed by atoms with Crippen LogP contribution >= 0.6 is 7.82 Å². The summed E-state index contributed by atoms with van der Waals surface area (Å²) in [6.07, 6.45) is 38.9. The number of ether oxygens (including phenoxy) is 3. The zero-order valence-corrected chi connectivity index (χ0v) is 33.4. The smallest absolute Gasteiger partial charge is 0.462 e. The number of hydrogen-bond donors (Lipinski definition) is 2. The molecule has 10 nitrogen and oxygen atoms in total. The molecule has 0 bridgehead atoms. The van der Waals surface area contributed by atoms with E-state index in [1.54, 1.807) is 0 Å². The third-order valence-electron chi connectivity index (χ3n) is 8.61. The molecule has 1 heterocycles. The van der Waals surface area contributed by atoms with Gasteiger partial charge in [0.05, 0.1) is 25.4 Å². The Labute approximate surface area is 315 Å². The van der Waals surface area contributed by atoms with Crippen LogP contribution in [0.4, 0.5) is 0 Å². The second-order valence-corrected chi connectivity index (χ2v) is 15.0. The van der Waals surface area contributed by atoms with Crippen LogP contribution in [0.15, 0.2) is 48.6 Å². The van der Waals surface area contributed by atoms with E-state index in [0.717, 1.165) is 51.4 Å². The maximum atomic E-state index is 12.5. The second-order valence-electron chi connectivity index (χ2n) is 13.5. The molecule has 3 unspecified atom stereocenters. The topological polar surface area (TPSA) is 147 Å². The molecule has 0 aromatic carbocycles. The summed E-state index contributed by atoms with van der Waals surface area (Å²) >= 11 is 0. The fraction of sp³-hybridized carbons (Fsp3) is 0.756. The first-order valence-electron chi connectivity index (χ1n) is 20.2. The molecule has 1 fully saturated rings. The van der Waals surface area contributed by atoms with Crippen LogP contribution in [0.25, 0.3) is 0 Å². The molecule has 0 saturated carbocycles. The van der Waals surface area contributed by atoms with Crippen LogP contribution in [0.5, 0.6) is 0 Å². The van der Waals surface area contributed by atoms with Gasteiger partial charge in [0, 0.05) is 19.4 Å². The van der Waals surface area contributed by atoms with E-state index in [0.29, 0.717) is 31.5 Å². The van der Waals surface area contributed by atoms with Crippen molar-refractivity contribution in [1.82, 2.24) is 0 Å². The van der Waals surface area contributed by atoms with Crippen molar-refractivity contribution >= 4 is 19.8 Å². The molecule has 1 aliphatic rings. The molecule has 0 aliphatic carbocycles. The molecular weight excluding hydrogens is 681 g/mol. The largest absolute Gasteiger partial charge is 0.472 e. The lowest BCUT2D eigenvalue weighted by atomic mass is 10.1. The van der Waals surface area contributed by atoms with Crippen LogP contribution in [0.2, 0.25) is 0 Å². The van der Waals surface area contributed by atoms with Crippen LogP contribution in [0, 0.1) is 0 Å². The van der Waals surface area contributed by atoms with Crippen LogP contribution < -0.4 is 5.73 Å². The molecule has 0 radical (unpaired) electrons. The Balaban J connectivity index is 2.25. The van der Waals surface area contributed by atoms with Gasteiger partial charge in [-0.15, -0.1) is 0 Å². The van der Waals surface area contributed by atoms with E-state index in [9.17, 15) is 19.0 Å². The Morgan fingerprint density at radius 1 is 0.692 bits per heavy atom. The van der Waals surface area contributed by atoms with Gasteiger partial charge >= 0.3 is 19.8 Å². The normalized spacial score (nSPS) is 17.8. The summed E-state index contributed by atoms with van der Waals surface area (Å²) in [6.45, 7) is 3.59. The number of phosphoric ester groups is 1. The highest BCUT2D eigenvalue weighted by molar-refractivity contribution is 7.47. The maximum Gasteiger partial charge on any atom is 0.472 e. The molecule has 4 atom stereocenters. The van der Waals surface area contributed by atoms with E-state index in [2.05, 4.69) is 56.4 Å². The lowest BCUT2D eigenvalue weighted by Gasteiger charge is -2.19. The summed E-state index contributed by atoms with van der Waals surface area (Å²) in [7, 11) is -4.39. The molecule has 0 aromatic heterocycles. The van der Waals surface area contributed by atoms with Gasteiger partial charge in [-0.05, 0) is 70.6 Å². The number of rotatable bonds is 36. The third kappa shape index (κ3) is 30.4. The fourth-order valence-corrected chi connectivity index (χ4v) is 6.24. The van der Waals surface area contributed by atoms with Crippen molar-refractivity contribution in [3.8, 4) is 0 Å². The first-order valence-corrected chi connectivity index (χ1v) is 21.7. The highest BCUT2D eigenvalue weighted by atomic mass is 31.2. The second kappa shape index (κ2) is 33.5. The number of epoxide rings is 1. The minimum Gasteiger partial charge on any atom is -0.462 e. The van der Waals surface area contributed by atoms with E-state index in [1.807, 2.05) is 6.08 Å². The lowest BCUT2D eigenvalue weighted by Crippen LogP contribution is -2.29. The Morgan fingerprint density at radius 2 is 1.27 bits per heavy atom. The monoisotopic (exact) mass is 753 g/mol. The van der Waals surface area contributed by atoms with Crippen LogP contribution in [-0.2, 0) is 37.4 Å². The predicted octanol–water partition coefficient (Wildman–Crippen LogP) is 10.1.